The van der Waals surface area contributed by atoms with Crippen molar-refractivity contribution in [3.63, 3.8) is 0 Å². The van der Waals surface area contributed by atoms with Crippen molar-refractivity contribution in [1.82, 2.24) is 9.80 Å². The summed E-state index contributed by atoms with van der Waals surface area (Å²) in [7, 11) is 3.19. The van der Waals surface area contributed by atoms with Gasteiger partial charge in [0.2, 0.25) is 11.8 Å². The number of amides is 2. The first-order chi connectivity index (χ1) is 17.5. The van der Waals surface area contributed by atoms with Crippen LogP contribution in [0.3, 0.4) is 0 Å². The van der Waals surface area contributed by atoms with Crippen molar-refractivity contribution in [2.45, 2.75) is 37.2 Å². The molecule has 0 aliphatic heterocycles. The lowest BCUT2D eigenvalue weighted by Crippen LogP contribution is -2.45. The molecule has 1 saturated carbocycles. The molecule has 1 fully saturated rings. The van der Waals surface area contributed by atoms with Gasteiger partial charge >= 0.3 is 0 Å². The molecule has 0 saturated heterocycles. The third-order valence-corrected chi connectivity index (χ3v) is 6.72. The zero-order valence-corrected chi connectivity index (χ0v) is 21.3. The smallest absolute Gasteiger partial charge is 0.245 e. The molecule has 1 aliphatic rings. The number of carbonyl (C=O) groups is 2. The summed E-state index contributed by atoms with van der Waals surface area (Å²) in [6, 6.07) is 18.6. The highest BCUT2D eigenvalue weighted by Gasteiger charge is 2.37. The summed E-state index contributed by atoms with van der Waals surface area (Å²) in [6.45, 7) is 0.742. The van der Waals surface area contributed by atoms with E-state index < -0.39 is 5.38 Å². The van der Waals surface area contributed by atoms with E-state index in [0.29, 0.717) is 36.8 Å². The number of furan rings is 1. The summed E-state index contributed by atoms with van der Waals surface area (Å²) >= 11 is 6.54. The van der Waals surface area contributed by atoms with Gasteiger partial charge in [0.1, 0.15) is 17.7 Å². The number of hydrogen-bond acceptors (Lipinski definition) is 5. The van der Waals surface area contributed by atoms with Gasteiger partial charge in [-0.2, -0.15) is 0 Å². The number of ether oxygens (including phenoxy) is 2. The number of carbonyl (C=O) groups excluding carboxylic acids is 2. The number of hydrogen-bond donors (Lipinski definition) is 0. The maximum absolute atomic E-state index is 13.5. The van der Waals surface area contributed by atoms with Gasteiger partial charge in [-0.15, -0.1) is 11.6 Å². The molecule has 2 aromatic carbocycles. The molecule has 1 atom stereocenters. The minimum Gasteiger partial charge on any atom is -0.493 e. The normalized spacial score (nSPS) is 13.6. The maximum atomic E-state index is 13.5. The Morgan fingerprint density at radius 3 is 2.42 bits per heavy atom. The first kappa shape index (κ1) is 25.6. The fourth-order valence-electron chi connectivity index (χ4n) is 4.11. The molecule has 36 heavy (non-hydrogen) atoms. The molecule has 1 heterocycles. The van der Waals surface area contributed by atoms with Crippen molar-refractivity contribution in [1.29, 1.82) is 0 Å². The van der Waals surface area contributed by atoms with E-state index >= 15 is 0 Å². The number of benzene rings is 2. The fourth-order valence-corrected chi connectivity index (χ4v) is 4.38. The molecule has 1 aliphatic carbocycles. The first-order valence-corrected chi connectivity index (χ1v) is 12.4. The molecule has 3 aromatic rings. The lowest BCUT2D eigenvalue weighted by molar-refractivity contribution is -0.141. The zero-order chi connectivity index (χ0) is 25.5. The topological polar surface area (TPSA) is 72.2 Å². The van der Waals surface area contributed by atoms with Crippen LogP contribution in [0.15, 0.2) is 71.3 Å². The average molecular weight is 511 g/mol. The van der Waals surface area contributed by atoms with Crippen molar-refractivity contribution < 1.29 is 23.5 Å². The highest BCUT2D eigenvalue weighted by Crippen LogP contribution is 2.32. The molecular weight excluding hydrogens is 480 g/mol. The molecule has 2 amide bonds. The summed E-state index contributed by atoms with van der Waals surface area (Å²) in [5, 5.41) is -0.829. The molecule has 0 spiro atoms. The summed E-state index contributed by atoms with van der Waals surface area (Å²) in [5.74, 6) is 1.58. The maximum Gasteiger partial charge on any atom is 0.245 e. The van der Waals surface area contributed by atoms with Crippen LogP contribution in [-0.4, -0.2) is 55.0 Å². The largest absolute Gasteiger partial charge is 0.493 e. The predicted octanol–water partition coefficient (Wildman–Crippen LogP) is 4.84. The number of methoxy groups -OCH3 is 2. The van der Waals surface area contributed by atoms with Crippen LogP contribution in [0.4, 0.5) is 0 Å². The summed E-state index contributed by atoms with van der Waals surface area (Å²) in [4.78, 5) is 30.2. The van der Waals surface area contributed by atoms with E-state index in [0.717, 1.165) is 24.0 Å². The third kappa shape index (κ3) is 6.40. The summed E-state index contributed by atoms with van der Waals surface area (Å²) in [5.41, 5.74) is 1.73. The van der Waals surface area contributed by atoms with Gasteiger partial charge < -0.3 is 23.7 Å². The van der Waals surface area contributed by atoms with Crippen LogP contribution < -0.4 is 9.47 Å². The van der Waals surface area contributed by atoms with E-state index in [1.165, 1.54) is 0 Å². The highest BCUT2D eigenvalue weighted by molar-refractivity contribution is 6.30. The van der Waals surface area contributed by atoms with Crippen LogP contribution in [0.25, 0.3) is 0 Å². The molecule has 0 N–H and O–H groups in total. The van der Waals surface area contributed by atoms with E-state index in [1.54, 1.807) is 36.3 Å². The Bertz CT molecular complexity index is 1150. The van der Waals surface area contributed by atoms with Gasteiger partial charge in [0, 0.05) is 12.6 Å². The fraction of sp³-hybridized carbons (Fsp3) is 0.357. The minimum absolute atomic E-state index is 0.0216. The SMILES string of the molecule is COc1ccc(CCN(Cc2ccco2)C(=O)CN(C(=O)C(Cl)c2ccccc2)C2CC2)cc1OC. The summed E-state index contributed by atoms with van der Waals surface area (Å²) in [6.07, 6.45) is 3.94. The lowest BCUT2D eigenvalue weighted by atomic mass is 10.1. The van der Waals surface area contributed by atoms with E-state index in [2.05, 4.69) is 0 Å². The molecule has 8 heteroatoms. The first-order valence-electron chi connectivity index (χ1n) is 12.0. The van der Waals surface area contributed by atoms with Gasteiger partial charge in [-0.25, -0.2) is 0 Å². The van der Waals surface area contributed by atoms with Gasteiger partial charge in [0.05, 0.1) is 27.0 Å². The molecular formula is C28H31ClN2O5. The quantitative estimate of drug-likeness (QED) is 0.326. The molecule has 190 valence electrons. The molecule has 1 unspecified atom stereocenters. The second-order valence-corrected chi connectivity index (χ2v) is 9.24. The Morgan fingerprint density at radius 1 is 1.03 bits per heavy atom. The standard InChI is InChI=1S/C28H31ClN2O5/c1-34-24-13-10-20(17-25(24)35-2)14-15-30(18-23-9-6-16-36-23)26(32)19-31(22-11-12-22)28(33)27(29)21-7-4-3-5-8-21/h3-10,13,16-17,22,27H,11-12,14-15,18-19H2,1-2H3. The van der Waals surface area contributed by atoms with Crippen LogP contribution in [0, 0.1) is 0 Å². The summed E-state index contributed by atoms with van der Waals surface area (Å²) < 4.78 is 16.2. The Morgan fingerprint density at radius 2 is 1.78 bits per heavy atom. The second-order valence-electron chi connectivity index (χ2n) is 8.80. The second kappa shape index (κ2) is 12.0. The van der Waals surface area contributed by atoms with Crippen molar-refractivity contribution >= 4 is 23.4 Å². The van der Waals surface area contributed by atoms with Gasteiger partial charge in [-0.3, -0.25) is 9.59 Å². The molecule has 0 bridgehead atoms. The number of alkyl halides is 1. The van der Waals surface area contributed by atoms with Gasteiger partial charge in [-0.1, -0.05) is 36.4 Å². The van der Waals surface area contributed by atoms with Crippen LogP contribution in [-0.2, 0) is 22.6 Å². The van der Waals surface area contributed by atoms with E-state index in [9.17, 15) is 9.59 Å². The Kier molecular flexibility index (Phi) is 8.54. The molecule has 7 nitrogen and oxygen atoms in total. The molecule has 1 aromatic heterocycles. The van der Waals surface area contributed by atoms with Crippen LogP contribution >= 0.6 is 11.6 Å². The third-order valence-electron chi connectivity index (χ3n) is 6.28. The van der Waals surface area contributed by atoms with Gasteiger partial charge in [0.25, 0.3) is 0 Å². The van der Waals surface area contributed by atoms with E-state index in [-0.39, 0.29) is 24.4 Å². The van der Waals surface area contributed by atoms with E-state index in [4.69, 9.17) is 25.5 Å². The van der Waals surface area contributed by atoms with Crippen LogP contribution in [0.2, 0.25) is 0 Å². The van der Waals surface area contributed by atoms with E-state index in [1.807, 2.05) is 54.6 Å². The van der Waals surface area contributed by atoms with Crippen molar-refractivity contribution in [2.24, 2.45) is 0 Å². The monoisotopic (exact) mass is 510 g/mol. The number of halogens is 1. The number of rotatable bonds is 12. The Balaban J connectivity index is 1.48. The lowest BCUT2D eigenvalue weighted by Gasteiger charge is -2.28. The molecule has 4 rings (SSSR count). The number of nitrogens with zero attached hydrogens (tertiary/aromatic N) is 2. The van der Waals surface area contributed by atoms with Crippen LogP contribution in [0.1, 0.15) is 35.1 Å². The Hall–Kier alpha value is -3.45. The van der Waals surface area contributed by atoms with Gasteiger partial charge in [-0.05, 0) is 54.7 Å². The van der Waals surface area contributed by atoms with Gasteiger partial charge in [0.15, 0.2) is 11.5 Å². The molecule has 0 radical (unpaired) electrons. The average Bonchev–Trinajstić information content (AvgIpc) is 3.63. The highest BCUT2D eigenvalue weighted by atomic mass is 35.5. The van der Waals surface area contributed by atoms with Crippen molar-refractivity contribution in [3.8, 4) is 11.5 Å². The van der Waals surface area contributed by atoms with Crippen LogP contribution in [0.5, 0.6) is 11.5 Å². The van der Waals surface area contributed by atoms with Crippen molar-refractivity contribution in [3.05, 3.63) is 83.8 Å². The zero-order valence-electron chi connectivity index (χ0n) is 20.6. The predicted molar refractivity (Wildman–Crippen MR) is 137 cm³/mol. The minimum atomic E-state index is -0.829. The Labute approximate surface area is 216 Å². The van der Waals surface area contributed by atoms with Crippen molar-refractivity contribution in [2.75, 3.05) is 27.3 Å².